The van der Waals surface area contributed by atoms with E-state index >= 15 is 0 Å². The molecule has 0 aliphatic heterocycles. The Morgan fingerprint density at radius 1 is 1.13 bits per heavy atom. The molecule has 23 heavy (non-hydrogen) atoms. The van der Waals surface area contributed by atoms with Gasteiger partial charge in [-0.2, -0.15) is 13.2 Å². The second-order valence-electron chi connectivity index (χ2n) is 5.03. The van der Waals surface area contributed by atoms with Crippen molar-refractivity contribution < 1.29 is 22.3 Å². The highest BCUT2D eigenvalue weighted by molar-refractivity contribution is 5.79. The summed E-state index contributed by atoms with van der Waals surface area (Å²) in [7, 11) is 1.47. The largest absolute Gasteiger partial charge is 0.497 e. The molecular formula is C16H12F4N2O. The van der Waals surface area contributed by atoms with Crippen LogP contribution in [0.25, 0.3) is 16.7 Å². The predicted octanol–water partition coefficient (Wildman–Crippen LogP) is 4.50. The molecular weight excluding hydrogens is 312 g/mol. The number of para-hydroxylation sites is 1. The van der Waals surface area contributed by atoms with Crippen LogP contribution in [0, 0.1) is 12.7 Å². The van der Waals surface area contributed by atoms with Gasteiger partial charge >= 0.3 is 6.18 Å². The number of ether oxygens (including phenoxy) is 1. The van der Waals surface area contributed by atoms with Crippen LogP contribution in [-0.2, 0) is 6.18 Å². The highest BCUT2D eigenvalue weighted by atomic mass is 19.4. The normalized spacial score (nSPS) is 11.9. The van der Waals surface area contributed by atoms with Crippen LogP contribution >= 0.6 is 0 Å². The molecule has 3 nitrogen and oxygen atoms in total. The van der Waals surface area contributed by atoms with Gasteiger partial charge in [0.05, 0.1) is 18.3 Å². The van der Waals surface area contributed by atoms with Crippen molar-refractivity contribution in [3.8, 4) is 11.4 Å². The Morgan fingerprint density at radius 3 is 2.48 bits per heavy atom. The second kappa shape index (κ2) is 5.26. The zero-order chi connectivity index (χ0) is 16.8. The molecule has 0 fully saturated rings. The summed E-state index contributed by atoms with van der Waals surface area (Å²) in [5.41, 5.74) is 0.574. The third-order valence-corrected chi connectivity index (χ3v) is 3.53. The van der Waals surface area contributed by atoms with Gasteiger partial charge in [-0.15, -0.1) is 0 Å². The first-order chi connectivity index (χ1) is 10.8. The lowest BCUT2D eigenvalue weighted by Crippen LogP contribution is -2.14. The number of benzene rings is 2. The highest BCUT2D eigenvalue weighted by Crippen LogP contribution is 2.35. The van der Waals surface area contributed by atoms with Crippen LogP contribution in [0.3, 0.4) is 0 Å². The summed E-state index contributed by atoms with van der Waals surface area (Å²) >= 11 is 0. The van der Waals surface area contributed by atoms with E-state index in [1.165, 1.54) is 25.3 Å². The lowest BCUT2D eigenvalue weighted by Gasteiger charge is -2.14. The Labute approximate surface area is 129 Å². The number of hydrogen-bond acceptors (Lipinski definition) is 2. The fourth-order valence-electron chi connectivity index (χ4n) is 2.50. The number of hydrogen-bond donors (Lipinski definition) is 0. The monoisotopic (exact) mass is 324 g/mol. The fourth-order valence-corrected chi connectivity index (χ4v) is 2.50. The van der Waals surface area contributed by atoms with E-state index in [1.807, 2.05) is 0 Å². The molecule has 120 valence electrons. The first kappa shape index (κ1) is 15.3. The Hall–Kier alpha value is -2.57. The highest BCUT2D eigenvalue weighted by Gasteiger charge is 2.38. The van der Waals surface area contributed by atoms with Crippen molar-refractivity contribution in [2.75, 3.05) is 7.11 Å². The van der Waals surface area contributed by atoms with Crippen LogP contribution in [0.1, 0.15) is 11.4 Å². The van der Waals surface area contributed by atoms with Crippen LogP contribution in [0.5, 0.6) is 5.75 Å². The van der Waals surface area contributed by atoms with Crippen LogP contribution in [0.2, 0.25) is 0 Å². The number of fused-ring (bicyclic) bond motifs is 1. The molecule has 3 aromatic rings. The van der Waals surface area contributed by atoms with E-state index in [-0.39, 0.29) is 16.7 Å². The minimum absolute atomic E-state index is 0.0607. The van der Waals surface area contributed by atoms with Gasteiger partial charge in [-0.1, -0.05) is 6.07 Å². The number of aromatic nitrogens is 2. The van der Waals surface area contributed by atoms with Crippen molar-refractivity contribution in [2.45, 2.75) is 13.1 Å². The number of nitrogens with zero attached hydrogens (tertiary/aromatic N) is 2. The topological polar surface area (TPSA) is 27.1 Å². The van der Waals surface area contributed by atoms with E-state index in [9.17, 15) is 17.6 Å². The summed E-state index contributed by atoms with van der Waals surface area (Å²) in [4.78, 5) is 3.48. The number of halogens is 4. The molecule has 0 N–H and O–H groups in total. The molecule has 7 heteroatoms. The van der Waals surface area contributed by atoms with Gasteiger partial charge in [0.25, 0.3) is 0 Å². The van der Waals surface area contributed by atoms with Gasteiger partial charge in [0, 0.05) is 0 Å². The van der Waals surface area contributed by atoms with Gasteiger partial charge in [0.1, 0.15) is 11.3 Å². The third kappa shape index (κ3) is 2.52. The second-order valence-corrected chi connectivity index (χ2v) is 5.03. The first-order valence-electron chi connectivity index (χ1n) is 6.72. The summed E-state index contributed by atoms with van der Waals surface area (Å²) in [6.07, 6.45) is -4.71. The minimum atomic E-state index is -4.71. The molecule has 0 amide bonds. The number of methoxy groups -OCH3 is 1. The van der Waals surface area contributed by atoms with E-state index in [4.69, 9.17) is 4.74 Å². The standard InChI is InChI=1S/C16H12F4N2O/c1-9-8-10(23-2)6-7-12(9)22-13-5-3-4-11(17)14(13)21-15(22)16(18,19)20/h3-8H,1-2H3. The minimum Gasteiger partial charge on any atom is -0.497 e. The van der Waals surface area contributed by atoms with Crippen LogP contribution in [-0.4, -0.2) is 16.7 Å². The Bertz CT molecular complexity index is 884. The molecule has 1 heterocycles. The van der Waals surface area contributed by atoms with Crippen LogP contribution in [0.4, 0.5) is 17.6 Å². The lowest BCUT2D eigenvalue weighted by molar-refractivity contribution is -0.145. The summed E-state index contributed by atoms with van der Waals surface area (Å²) < 4.78 is 59.9. The number of rotatable bonds is 2. The van der Waals surface area contributed by atoms with Crippen LogP contribution < -0.4 is 4.74 Å². The zero-order valence-corrected chi connectivity index (χ0v) is 12.3. The Morgan fingerprint density at radius 2 is 1.87 bits per heavy atom. The maximum atomic E-state index is 13.8. The molecule has 0 aliphatic rings. The molecule has 0 unspecified atom stereocenters. The molecule has 0 saturated heterocycles. The number of alkyl halides is 3. The molecule has 0 atom stereocenters. The molecule has 0 spiro atoms. The first-order valence-corrected chi connectivity index (χ1v) is 6.72. The maximum Gasteiger partial charge on any atom is 0.450 e. The fraction of sp³-hybridized carbons (Fsp3) is 0.188. The zero-order valence-electron chi connectivity index (χ0n) is 12.3. The van der Waals surface area contributed by atoms with Crippen molar-refractivity contribution in [2.24, 2.45) is 0 Å². The summed E-state index contributed by atoms with van der Waals surface area (Å²) in [6.45, 7) is 1.66. The summed E-state index contributed by atoms with van der Waals surface area (Å²) in [5.74, 6) is -1.43. The summed E-state index contributed by atoms with van der Waals surface area (Å²) in [5, 5.41) is 0. The van der Waals surface area contributed by atoms with Gasteiger partial charge < -0.3 is 4.74 Å². The van der Waals surface area contributed by atoms with Crippen molar-refractivity contribution >= 4 is 11.0 Å². The molecule has 0 aliphatic carbocycles. The lowest BCUT2D eigenvalue weighted by atomic mass is 10.1. The van der Waals surface area contributed by atoms with Gasteiger partial charge in [-0.05, 0) is 42.8 Å². The average molecular weight is 324 g/mol. The van der Waals surface area contributed by atoms with Gasteiger partial charge in [-0.25, -0.2) is 9.37 Å². The maximum absolute atomic E-state index is 13.8. The smallest absolute Gasteiger partial charge is 0.450 e. The van der Waals surface area contributed by atoms with E-state index in [0.29, 0.717) is 11.3 Å². The molecule has 3 rings (SSSR count). The molecule has 0 bridgehead atoms. The Kier molecular flexibility index (Phi) is 3.50. The van der Waals surface area contributed by atoms with Gasteiger partial charge in [0.2, 0.25) is 5.82 Å². The van der Waals surface area contributed by atoms with E-state index in [0.717, 1.165) is 10.6 Å². The number of imidazole rings is 1. The third-order valence-electron chi connectivity index (χ3n) is 3.53. The molecule has 0 radical (unpaired) electrons. The van der Waals surface area contributed by atoms with Crippen molar-refractivity contribution in [1.29, 1.82) is 0 Å². The van der Waals surface area contributed by atoms with Crippen LogP contribution in [0.15, 0.2) is 36.4 Å². The van der Waals surface area contributed by atoms with Crippen molar-refractivity contribution in [3.63, 3.8) is 0 Å². The van der Waals surface area contributed by atoms with E-state index in [2.05, 4.69) is 4.98 Å². The Balaban J connectivity index is 2.38. The molecule has 2 aromatic carbocycles. The number of aryl methyl sites for hydroxylation is 1. The van der Waals surface area contributed by atoms with Gasteiger partial charge in [-0.3, -0.25) is 4.57 Å². The van der Waals surface area contributed by atoms with E-state index in [1.54, 1.807) is 19.1 Å². The summed E-state index contributed by atoms with van der Waals surface area (Å²) in [6, 6.07) is 8.50. The molecule has 0 saturated carbocycles. The predicted molar refractivity (Wildman–Crippen MR) is 77.3 cm³/mol. The van der Waals surface area contributed by atoms with Crippen molar-refractivity contribution in [1.82, 2.24) is 9.55 Å². The van der Waals surface area contributed by atoms with Gasteiger partial charge in [0.15, 0.2) is 5.82 Å². The SMILES string of the molecule is COc1ccc(-n2c(C(F)(F)F)nc3c(F)cccc32)c(C)c1. The van der Waals surface area contributed by atoms with Crippen molar-refractivity contribution in [3.05, 3.63) is 53.6 Å². The van der Waals surface area contributed by atoms with E-state index < -0.39 is 17.8 Å². The quantitative estimate of drug-likeness (QED) is 0.649. The molecule has 1 aromatic heterocycles. The average Bonchev–Trinajstić information content (AvgIpc) is 2.88.